The minimum Gasteiger partial charge on any atom is -0.452 e. The summed E-state index contributed by atoms with van der Waals surface area (Å²) in [6.45, 7) is 4.17. The lowest BCUT2D eigenvalue weighted by Gasteiger charge is -2.33. The highest BCUT2D eigenvalue weighted by Gasteiger charge is 2.36. The molecule has 1 aromatic rings. The number of ether oxygens (including phenoxy) is 1. The summed E-state index contributed by atoms with van der Waals surface area (Å²) in [6.07, 6.45) is 1.83. The molecule has 2 heterocycles. The Kier molecular flexibility index (Phi) is 4.42. The van der Waals surface area contributed by atoms with Crippen molar-refractivity contribution < 1.29 is 19.1 Å². The molecule has 2 N–H and O–H groups in total. The van der Waals surface area contributed by atoms with Crippen LogP contribution in [0.15, 0.2) is 18.2 Å². The second-order valence-corrected chi connectivity index (χ2v) is 6.37. The zero-order valence-corrected chi connectivity index (χ0v) is 13.8. The highest BCUT2D eigenvalue weighted by molar-refractivity contribution is 6.05. The van der Waals surface area contributed by atoms with Gasteiger partial charge in [0.15, 0.2) is 6.61 Å². The van der Waals surface area contributed by atoms with Crippen LogP contribution in [-0.4, -0.2) is 43.0 Å². The SMILES string of the molecule is CC(C)NC(=O)COC(=O)c1ccc2c(c1)NC(=O)[C@H]1CCCN21. The minimum atomic E-state index is -0.588. The highest BCUT2D eigenvalue weighted by Crippen LogP contribution is 2.37. The molecule has 0 aliphatic carbocycles. The molecule has 7 heteroatoms. The molecular weight excluding hydrogens is 310 g/mol. The topological polar surface area (TPSA) is 87.7 Å². The van der Waals surface area contributed by atoms with Crippen molar-refractivity contribution in [2.45, 2.75) is 38.8 Å². The number of carbonyl (C=O) groups excluding carboxylic acids is 3. The maximum absolute atomic E-state index is 12.1. The summed E-state index contributed by atoms with van der Waals surface area (Å²) in [6, 6.07) is 4.95. The molecule has 24 heavy (non-hydrogen) atoms. The van der Waals surface area contributed by atoms with E-state index < -0.39 is 5.97 Å². The minimum absolute atomic E-state index is 0.0106. The number of carbonyl (C=O) groups is 3. The van der Waals surface area contributed by atoms with Gasteiger partial charge in [0.1, 0.15) is 6.04 Å². The van der Waals surface area contributed by atoms with Gasteiger partial charge in [-0.15, -0.1) is 0 Å². The second-order valence-electron chi connectivity index (χ2n) is 6.37. The van der Waals surface area contributed by atoms with Crippen molar-refractivity contribution in [2.24, 2.45) is 0 Å². The van der Waals surface area contributed by atoms with E-state index in [1.54, 1.807) is 12.1 Å². The van der Waals surface area contributed by atoms with Crippen LogP contribution in [0.3, 0.4) is 0 Å². The molecular formula is C17H21N3O4. The maximum atomic E-state index is 12.1. The summed E-state index contributed by atoms with van der Waals surface area (Å²) in [7, 11) is 0. The van der Waals surface area contributed by atoms with Crippen molar-refractivity contribution in [2.75, 3.05) is 23.4 Å². The van der Waals surface area contributed by atoms with Gasteiger partial charge in [0.05, 0.1) is 16.9 Å². The lowest BCUT2D eigenvalue weighted by atomic mass is 10.1. The van der Waals surface area contributed by atoms with Crippen molar-refractivity contribution in [3.8, 4) is 0 Å². The van der Waals surface area contributed by atoms with Crippen LogP contribution in [0.4, 0.5) is 11.4 Å². The first-order valence-corrected chi connectivity index (χ1v) is 8.14. The number of nitrogens with zero attached hydrogens (tertiary/aromatic N) is 1. The molecule has 1 atom stereocenters. The van der Waals surface area contributed by atoms with Gasteiger partial charge in [0, 0.05) is 12.6 Å². The van der Waals surface area contributed by atoms with Crippen molar-refractivity contribution in [1.82, 2.24) is 5.32 Å². The van der Waals surface area contributed by atoms with Crippen LogP contribution >= 0.6 is 0 Å². The summed E-state index contributed by atoms with van der Waals surface area (Å²) in [5.74, 6) is -0.971. The van der Waals surface area contributed by atoms with Crippen LogP contribution in [0.25, 0.3) is 0 Å². The fourth-order valence-corrected chi connectivity index (χ4v) is 3.14. The predicted octanol–water partition coefficient (Wildman–Crippen LogP) is 1.29. The quantitative estimate of drug-likeness (QED) is 0.812. The van der Waals surface area contributed by atoms with Crippen LogP contribution in [0.1, 0.15) is 37.0 Å². The second kappa shape index (κ2) is 6.51. The number of amides is 2. The Morgan fingerprint density at radius 3 is 2.96 bits per heavy atom. The number of hydrogen-bond acceptors (Lipinski definition) is 5. The summed E-state index contributed by atoms with van der Waals surface area (Å²) in [5, 5.41) is 5.50. The number of benzene rings is 1. The summed E-state index contributed by atoms with van der Waals surface area (Å²) in [4.78, 5) is 37.8. The third-order valence-electron chi connectivity index (χ3n) is 4.14. The van der Waals surface area contributed by atoms with Crippen LogP contribution in [0, 0.1) is 0 Å². The lowest BCUT2D eigenvalue weighted by molar-refractivity contribution is -0.124. The van der Waals surface area contributed by atoms with Crippen LogP contribution in [0.2, 0.25) is 0 Å². The molecule has 0 spiro atoms. The molecule has 2 aliphatic heterocycles. The van der Waals surface area contributed by atoms with Crippen molar-refractivity contribution in [1.29, 1.82) is 0 Å². The molecule has 2 aliphatic rings. The first kappa shape index (κ1) is 16.3. The Bertz CT molecular complexity index is 686. The van der Waals surface area contributed by atoms with Crippen molar-refractivity contribution >= 4 is 29.2 Å². The van der Waals surface area contributed by atoms with E-state index >= 15 is 0 Å². The van der Waals surface area contributed by atoms with Gasteiger partial charge in [0.25, 0.3) is 5.91 Å². The molecule has 1 saturated heterocycles. The van der Waals surface area contributed by atoms with E-state index in [1.165, 1.54) is 0 Å². The summed E-state index contributed by atoms with van der Waals surface area (Å²) in [5.41, 5.74) is 1.84. The van der Waals surface area contributed by atoms with Gasteiger partial charge in [-0.25, -0.2) is 4.79 Å². The number of esters is 1. The van der Waals surface area contributed by atoms with Gasteiger partial charge in [-0.3, -0.25) is 9.59 Å². The van der Waals surface area contributed by atoms with E-state index in [9.17, 15) is 14.4 Å². The molecule has 1 fully saturated rings. The van der Waals surface area contributed by atoms with Crippen LogP contribution < -0.4 is 15.5 Å². The Labute approximate surface area is 140 Å². The number of anilines is 2. The summed E-state index contributed by atoms with van der Waals surface area (Å²) >= 11 is 0. The van der Waals surface area contributed by atoms with Gasteiger partial charge in [0.2, 0.25) is 5.91 Å². The molecule has 0 bridgehead atoms. The predicted molar refractivity (Wildman–Crippen MR) is 89.0 cm³/mol. The van der Waals surface area contributed by atoms with Crippen LogP contribution in [-0.2, 0) is 14.3 Å². The fraction of sp³-hybridized carbons (Fsp3) is 0.471. The molecule has 0 aromatic heterocycles. The monoisotopic (exact) mass is 331 g/mol. The van der Waals surface area contributed by atoms with E-state index in [0.717, 1.165) is 25.1 Å². The molecule has 0 radical (unpaired) electrons. The third kappa shape index (κ3) is 3.20. The van der Waals surface area contributed by atoms with E-state index in [4.69, 9.17) is 4.74 Å². The van der Waals surface area contributed by atoms with Crippen molar-refractivity contribution in [3.05, 3.63) is 23.8 Å². The van der Waals surface area contributed by atoms with E-state index in [-0.39, 0.29) is 30.5 Å². The van der Waals surface area contributed by atoms with Gasteiger partial charge >= 0.3 is 5.97 Å². The van der Waals surface area contributed by atoms with E-state index in [1.807, 2.05) is 19.9 Å². The normalized spacial score (nSPS) is 18.7. The molecule has 3 rings (SSSR count). The molecule has 1 aromatic carbocycles. The van der Waals surface area contributed by atoms with Gasteiger partial charge in [-0.05, 0) is 44.9 Å². The Morgan fingerprint density at radius 2 is 2.21 bits per heavy atom. The fourth-order valence-electron chi connectivity index (χ4n) is 3.14. The number of hydrogen-bond donors (Lipinski definition) is 2. The maximum Gasteiger partial charge on any atom is 0.338 e. The lowest BCUT2D eigenvalue weighted by Crippen LogP contribution is -2.43. The first-order valence-electron chi connectivity index (χ1n) is 8.14. The summed E-state index contributed by atoms with van der Waals surface area (Å²) < 4.78 is 5.02. The van der Waals surface area contributed by atoms with Gasteiger partial charge < -0.3 is 20.3 Å². The first-order chi connectivity index (χ1) is 11.5. The van der Waals surface area contributed by atoms with Crippen LogP contribution in [0.5, 0.6) is 0 Å². The zero-order chi connectivity index (χ0) is 17.3. The number of nitrogens with one attached hydrogen (secondary N) is 2. The smallest absolute Gasteiger partial charge is 0.338 e. The molecule has 7 nitrogen and oxygen atoms in total. The largest absolute Gasteiger partial charge is 0.452 e. The number of fused-ring (bicyclic) bond motifs is 3. The Balaban J connectivity index is 1.70. The van der Waals surface area contributed by atoms with Gasteiger partial charge in [-0.1, -0.05) is 0 Å². The van der Waals surface area contributed by atoms with E-state index in [0.29, 0.717) is 11.3 Å². The van der Waals surface area contributed by atoms with E-state index in [2.05, 4.69) is 15.5 Å². The molecule has 128 valence electrons. The average Bonchev–Trinajstić information content (AvgIpc) is 3.02. The molecule has 2 amide bonds. The zero-order valence-electron chi connectivity index (χ0n) is 13.8. The standard InChI is InChI=1S/C17H21N3O4/c1-10(2)18-15(21)9-24-17(23)11-5-6-13-12(8-11)19-16(22)14-4-3-7-20(13)14/h5-6,8,10,14H,3-4,7,9H2,1-2H3,(H,18,21)(H,19,22)/t14-/m1/s1. The highest BCUT2D eigenvalue weighted by atomic mass is 16.5. The molecule has 0 saturated carbocycles. The third-order valence-corrected chi connectivity index (χ3v) is 4.14. The average molecular weight is 331 g/mol. The number of rotatable bonds is 4. The van der Waals surface area contributed by atoms with Gasteiger partial charge in [-0.2, -0.15) is 0 Å². The Morgan fingerprint density at radius 1 is 1.42 bits per heavy atom. The van der Waals surface area contributed by atoms with Crippen molar-refractivity contribution in [3.63, 3.8) is 0 Å². The Hall–Kier alpha value is -2.57. The molecule has 0 unspecified atom stereocenters.